The first-order valence-corrected chi connectivity index (χ1v) is 5.29. The third kappa shape index (κ3) is 2.37. The van der Waals surface area contributed by atoms with E-state index in [4.69, 9.17) is 10.8 Å². The molecule has 0 spiro atoms. The molecule has 5 nitrogen and oxygen atoms in total. The standard InChI is InChI=1S/C11H15N3O2/c12-8-5-10(11(15)16)14(6-8)7-9-3-1-2-4-13-9/h1-4,8,10H,5-7,12H2,(H,15,16). The number of rotatable bonds is 3. The van der Waals surface area contributed by atoms with E-state index in [1.54, 1.807) is 6.20 Å². The average molecular weight is 221 g/mol. The molecule has 1 saturated heterocycles. The van der Waals surface area contributed by atoms with Gasteiger partial charge in [-0.15, -0.1) is 0 Å². The van der Waals surface area contributed by atoms with Crippen molar-refractivity contribution in [1.29, 1.82) is 0 Å². The Balaban J connectivity index is 2.06. The summed E-state index contributed by atoms with van der Waals surface area (Å²) in [5.41, 5.74) is 6.66. The van der Waals surface area contributed by atoms with Gasteiger partial charge in [-0.2, -0.15) is 0 Å². The van der Waals surface area contributed by atoms with Crippen LogP contribution >= 0.6 is 0 Å². The van der Waals surface area contributed by atoms with Crippen molar-refractivity contribution in [2.45, 2.75) is 25.0 Å². The number of carbonyl (C=O) groups is 1. The summed E-state index contributed by atoms with van der Waals surface area (Å²) in [6.07, 6.45) is 2.23. The number of likely N-dealkylation sites (tertiary alicyclic amines) is 1. The Labute approximate surface area is 93.9 Å². The van der Waals surface area contributed by atoms with Gasteiger partial charge in [0.25, 0.3) is 0 Å². The summed E-state index contributed by atoms with van der Waals surface area (Å²) in [6, 6.07) is 5.10. The summed E-state index contributed by atoms with van der Waals surface area (Å²) in [7, 11) is 0. The Morgan fingerprint density at radius 2 is 2.44 bits per heavy atom. The van der Waals surface area contributed by atoms with Crippen molar-refractivity contribution < 1.29 is 9.90 Å². The minimum Gasteiger partial charge on any atom is -0.480 e. The first-order valence-electron chi connectivity index (χ1n) is 5.29. The van der Waals surface area contributed by atoms with Gasteiger partial charge in [0, 0.05) is 25.3 Å². The van der Waals surface area contributed by atoms with Gasteiger partial charge < -0.3 is 10.8 Å². The van der Waals surface area contributed by atoms with Gasteiger partial charge in [0.05, 0.1) is 5.69 Å². The molecule has 1 aromatic rings. The van der Waals surface area contributed by atoms with Crippen molar-refractivity contribution in [3.8, 4) is 0 Å². The number of pyridine rings is 1. The predicted octanol–water partition coefficient (Wildman–Crippen LogP) is 0.0678. The molecule has 16 heavy (non-hydrogen) atoms. The SMILES string of the molecule is NC1CC(C(=O)O)N(Cc2ccccn2)C1. The summed E-state index contributed by atoms with van der Waals surface area (Å²) >= 11 is 0. The lowest BCUT2D eigenvalue weighted by molar-refractivity contribution is -0.142. The monoisotopic (exact) mass is 221 g/mol. The smallest absolute Gasteiger partial charge is 0.320 e. The zero-order chi connectivity index (χ0) is 11.5. The van der Waals surface area contributed by atoms with Gasteiger partial charge in [0.15, 0.2) is 0 Å². The highest BCUT2D eigenvalue weighted by atomic mass is 16.4. The Morgan fingerprint density at radius 1 is 1.62 bits per heavy atom. The second-order valence-electron chi connectivity index (χ2n) is 4.10. The zero-order valence-electron chi connectivity index (χ0n) is 8.91. The molecule has 2 unspecified atom stereocenters. The number of nitrogens with zero attached hydrogens (tertiary/aromatic N) is 2. The number of aromatic nitrogens is 1. The van der Waals surface area contributed by atoms with E-state index in [0.29, 0.717) is 19.5 Å². The molecule has 2 heterocycles. The summed E-state index contributed by atoms with van der Waals surface area (Å²) in [5.74, 6) is -0.802. The Hall–Kier alpha value is -1.46. The van der Waals surface area contributed by atoms with Crippen LogP contribution < -0.4 is 5.73 Å². The van der Waals surface area contributed by atoms with Crippen molar-refractivity contribution >= 4 is 5.97 Å². The topological polar surface area (TPSA) is 79.5 Å². The molecule has 0 bridgehead atoms. The lowest BCUT2D eigenvalue weighted by Crippen LogP contribution is -2.35. The number of hydrogen-bond acceptors (Lipinski definition) is 4. The van der Waals surface area contributed by atoms with E-state index in [0.717, 1.165) is 5.69 Å². The minimum absolute atomic E-state index is 0.0511. The maximum Gasteiger partial charge on any atom is 0.320 e. The Bertz CT molecular complexity index is 369. The summed E-state index contributed by atoms with van der Waals surface area (Å²) < 4.78 is 0. The molecule has 0 radical (unpaired) electrons. The predicted molar refractivity (Wildman–Crippen MR) is 58.7 cm³/mol. The van der Waals surface area contributed by atoms with Crippen LogP contribution in [0.25, 0.3) is 0 Å². The second kappa shape index (κ2) is 4.59. The summed E-state index contributed by atoms with van der Waals surface area (Å²) in [4.78, 5) is 17.1. The van der Waals surface area contributed by atoms with Crippen molar-refractivity contribution in [3.05, 3.63) is 30.1 Å². The second-order valence-corrected chi connectivity index (χ2v) is 4.10. The fourth-order valence-electron chi connectivity index (χ4n) is 2.07. The molecular weight excluding hydrogens is 206 g/mol. The third-order valence-corrected chi connectivity index (χ3v) is 2.81. The number of carboxylic acid groups (broad SMARTS) is 1. The van der Waals surface area contributed by atoms with E-state index in [9.17, 15) is 4.79 Å². The molecule has 2 rings (SSSR count). The number of hydrogen-bond donors (Lipinski definition) is 2. The molecule has 3 N–H and O–H groups in total. The highest BCUT2D eigenvalue weighted by molar-refractivity contribution is 5.74. The largest absolute Gasteiger partial charge is 0.480 e. The van der Waals surface area contributed by atoms with Gasteiger partial charge in [-0.05, 0) is 18.6 Å². The van der Waals surface area contributed by atoms with Gasteiger partial charge >= 0.3 is 5.97 Å². The summed E-state index contributed by atoms with van der Waals surface area (Å²) in [5, 5.41) is 9.06. The van der Waals surface area contributed by atoms with E-state index >= 15 is 0 Å². The quantitative estimate of drug-likeness (QED) is 0.755. The Kier molecular flexibility index (Phi) is 3.17. The van der Waals surface area contributed by atoms with Gasteiger partial charge in [-0.3, -0.25) is 14.7 Å². The van der Waals surface area contributed by atoms with E-state index < -0.39 is 12.0 Å². The lowest BCUT2D eigenvalue weighted by atomic mass is 10.2. The molecule has 0 saturated carbocycles. The Morgan fingerprint density at radius 3 is 3.06 bits per heavy atom. The average Bonchev–Trinajstić information content (AvgIpc) is 2.61. The first-order chi connectivity index (χ1) is 7.66. The van der Waals surface area contributed by atoms with Crippen LogP contribution in [0.3, 0.4) is 0 Å². The summed E-state index contributed by atoms with van der Waals surface area (Å²) in [6.45, 7) is 1.17. The maximum absolute atomic E-state index is 11.0. The zero-order valence-corrected chi connectivity index (χ0v) is 8.91. The van der Waals surface area contributed by atoms with Crippen LogP contribution in [0.2, 0.25) is 0 Å². The van der Waals surface area contributed by atoms with Crippen molar-refractivity contribution in [1.82, 2.24) is 9.88 Å². The molecule has 1 fully saturated rings. The molecule has 86 valence electrons. The van der Waals surface area contributed by atoms with Gasteiger partial charge in [0.2, 0.25) is 0 Å². The molecule has 1 aromatic heterocycles. The third-order valence-electron chi connectivity index (χ3n) is 2.81. The normalized spacial score (nSPS) is 25.8. The lowest BCUT2D eigenvalue weighted by Gasteiger charge is -2.20. The fourth-order valence-corrected chi connectivity index (χ4v) is 2.07. The molecule has 0 aliphatic carbocycles. The van der Waals surface area contributed by atoms with E-state index in [2.05, 4.69) is 4.98 Å². The molecular formula is C11H15N3O2. The first kappa shape index (κ1) is 11.0. The number of carboxylic acids is 1. The van der Waals surface area contributed by atoms with Crippen molar-refractivity contribution in [3.63, 3.8) is 0 Å². The number of aliphatic carboxylic acids is 1. The van der Waals surface area contributed by atoms with Crippen LogP contribution in [-0.2, 0) is 11.3 Å². The highest BCUT2D eigenvalue weighted by Crippen LogP contribution is 2.18. The molecule has 1 aliphatic rings. The van der Waals surface area contributed by atoms with Crippen LogP contribution in [0.5, 0.6) is 0 Å². The van der Waals surface area contributed by atoms with Gasteiger partial charge in [-0.1, -0.05) is 6.07 Å². The minimum atomic E-state index is -0.802. The molecule has 1 aliphatic heterocycles. The van der Waals surface area contributed by atoms with Crippen LogP contribution in [0.1, 0.15) is 12.1 Å². The van der Waals surface area contributed by atoms with E-state index in [1.165, 1.54) is 0 Å². The van der Waals surface area contributed by atoms with Crippen LogP contribution in [-0.4, -0.2) is 39.6 Å². The molecule has 5 heteroatoms. The van der Waals surface area contributed by atoms with Crippen molar-refractivity contribution in [2.75, 3.05) is 6.54 Å². The molecule has 2 atom stereocenters. The molecule has 0 amide bonds. The van der Waals surface area contributed by atoms with Crippen molar-refractivity contribution in [2.24, 2.45) is 5.73 Å². The number of nitrogens with two attached hydrogens (primary N) is 1. The van der Waals surface area contributed by atoms with E-state index in [-0.39, 0.29) is 6.04 Å². The maximum atomic E-state index is 11.0. The van der Waals surface area contributed by atoms with Gasteiger partial charge in [-0.25, -0.2) is 0 Å². The van der Waals surface area contributed by atoms with Crippen LogP contribution in [0, 0.1) is 0 Å². The van der Waals surface area contributed by atoms with Crippen LogP contribution in [0.4, 0.5) is 0 Å². The van der Waals surface area contributed by atoms with Crippen LogP contribution in [0.15, 0.2) is 24.4 Å². The van der Waals surface area contributed by atoms with Gasteiger partial charge in [0.1, 0.15) is 6.04 Å². The molecule has 0 aromatic carbocycles. The van der Waals surface area contributed by atoms with E-state index in [1.807, 2.05) is 23.1 Å². The fraction of sp³-hybridized carbons (Fsp3) is 0.455. The highest BCUT2D eigenvalue weighted by Gasteiger charge is 2.34.